The van der Waals surface area contributed by atoms with Crippen molar-refractivity contribution in [2.45, 2.75) is 85.5 Å². The summed E-state index contributed by atoms with van der Waals surface area (Å²) in [5.41, 5.74) is 7.09. The number of hydrazine groups is 1. The standard InChI is InChI=1S/C19H37N3/c1-5-6-7-8-9-10-11-12-13-14-15-22(21)17-18(20)16-19(2,3)4/h17H,7-16,20-21H2,1-4H3/b18-17-. The smallest absolute Gasteiger partial charge is 0.0343 e. The summed E-state index contributed by atoms with van der Waals surface area (Å²) in [5, 5.41) is 1.74. The number of nitrogens with two attached hydrogens (primary N) is 2. The first-order valence-electron chi connectivity index (χ1n) is 8.72. The fourth-order valence-corrected chi connectivity index (χ4v) is 2.45. The maximum absolute atomic E-state index is 6.01. The summed E-state index contributed by atoms with van der Waals surface area (Å²) in [6.45, 7) is 9.35. The topological polar surface area (TPSA) is 55.3 Å². The van der Waals surface area contributed by atoms with E-state index in [-0.39, 0.29) is 5.41 Å². The Morgan fingerprint density at radius 1 is 1.00 bits per heavy atom. The van der Waals surface area contributed by atoms with E-state index >= 15 is 0 Å². The van der Waals surface area contributed by atoms with Gasteiger partial charge in [-0.05, 0) is 31.6 Å². The molecule has 0 fully saturated rings. The van der Waals surface area contributed by atoms with Crippen molar-refractivity contribution in [1.82, 2.24) is 5.01 Å². The highest BCUT2D eigenvalue weighted by Crippen LogP contribution is 2.21. The van der Waals surface area contributed by atoms with Gasteiger partial charge in [-0.25, -0.2) is 5.84 Å². The summed E-state index contributed by atoms with van der Waals surface area (Å²) >= 11 is 0. The number of unbranched alkanes of at least 4 members (excludes halogenated alkanes) is 7. The van der Waals surface area contributed by atoms with Gasteiger partial charge < -0.3 is 10.7 Å². The van der Waals surface area contributed by atoms with Gasteiger partial charge >= 0.3 is 0 Å². The van der Waals surface area contributed by atoms with Crippen LogP contribution in [-0.4, -0.2) is 11.6 Å². The van der Waals surface area contributed by atoms with Crippen LogP contribution >= 0.6 is 0 Å². The van der Waals surface area contributed by atoms with E-state index in [1.165, 1.54) is 38.5 Å². The molecule has 0 aromatic heterocycles. The SMILES string of the molecule is CC#CCCCCCCCCCN(N)/C=C(\N)CC(C)(C)C. The van der Waals surface area contributed by atoms with Gasteiger partial charge in [0.05, 0.1) is 0 Å². The minimum Gasteiger partial charge on any atom is -0.401 e. The molecule has 0 aliphatic carbocycles. The van der Waals surface area contributed by atoms with E-state index < -0.39 is 0 Å². The van der Waals surface area contributed by atoms with E-state index in [0.717, 1.165) is 31.5 Å². The second kappa shape index (κ2) is 12.4. The third kappa shape index (κ3) is 15.3. The molecule has 0 aromatic carbocycles. The molecule has 0 heterocycles. The molecule has 4 N–H and O–H groups in total. The summed E-state index contributed by atoms with van der Waals surface area (Å²) in [5.74, 6) is 12.0. The molecule has 0 rings (SSSR count). The normalized spacial score (nSPS) is 12.0. The summed E-state index contributed by atoms with van der Waals surface area (Å²) in [7, 11) is 0. The van der Waals surface area contributed by atoms with Gasteiger partial charge in [0.25, 0.3) is 0 Å². The lowest BCUT2D eigenvalue weighted by Gasteiger charge is -2.20. The summed E-state index contributed by atoms with van der Waals surface area (Å²) in [4.78, 5) is 0. The molecule has 0 bridgehead atoms. The van der Waals surface area contributed by atoms with Crippen LogP contribution in [0.25, 0.3) is 0 Å². The van der Waals surface area contributed by atoms with Crippen LogP contribution in [0.15, 0.2) is 11.9 Å². The van der Waals surface area contributed by atoms with Crippen LogP contribution in [0.2, 0.25) is 0 Å². The highest BCUT2D eigenvalue weighted by Gasteiger charge is 2.11. The maximum atomic E-state index is 6.01. The Labute approximate surface area is 138 Å². The number of allylic oxidation sites excluding steroid dienone is 1. The predicted molar refractivity (Wildman–Crippen MR) is 97.6 cm³/mol. The van der Waals surface area contributed by atoms with Gasteiger partial charge in [-0.1, -0.05) is 52.9 Å². The molecule has 0 saturated heterocycles. The zero-order valence-corrected chi connectivity index (χ0v) is 15.3. The Kier molecular flexibility index (Phi) is 11.8. The Morgan fingerprint density at radius 2 is 1.55 bits per heavy atom. The summed E-state index contributed by atoms with van der Waals surface area (Å²) in [6, 6.07) is 0. The Balaban J connectivity index is 3.54. The van der Waals surface area contributed by atoms with Gasteiger partial charge in [-0.2, -0.15) is 0 Å². The fourth-order valence-electron chi connectivity index (χ4n) is 2.45. The number of nitrogens with zero attached hydrogens (tertiary/aromatic N) is 1. The maximum Gasteiger partial charge on any atom is 0.0343 e. The number of hydrogen-bond donors (Lipinski definition) is 2. The zero-order chi connectivity index (χ0) is 16.8. The van der Waals surface area contributed by atoms with Crippen molar-refractivity contribution in [2.24, 2.45) is 17.0 Å². The van der Waals surface area contributed by atoms with Gasteiger partial charge in [-0.15, -0.1) is 11.8 Å². The number of rotatable bonds is 11. The van der Waals surface area contributed by atoms with Gasteiger partial charge in [0, 0.05) is 24.9 Å². The van der Waals surface area contributed by atoms with E-state index in [2.05, 4.69) is 32.6 Å². The lowest BCUT2D eigenvalue weighted by molar-refractivity contribution is 0.360. The van der Waals surface area contributed by atoms with Crippen LogP contribution in [0, 0.1) is 17.3 Å². The van der Waals surface area contributed by atoms with Crippen LogP contribution in [0.5, 0.6) is 0 Å². The van der Waals surface area contributed by atoms with Crippen molar-refractivity contribution < 1.29 is 0 Å². The van der Waals surface area contributed by atoms with Gasteiger partial charge in [0.2, 0.25) is 0 Å². The molecule has 0 radical (unpaired) electrons. The second-order valence-corrected chi connectivity index (χ2v) is 7.33. The molecule has 0 saturated carbocycles. The highest BCUT2D eigenvalue weighted by atomic mass is 15.4. The molecule has 0 aromatic rings. The Bertz CT molecular complexity index is 355. The van der Waals surface area contributed by atoms with Crippen LogP contribution in [0.3, 0.4) is 0 Å². The van der Waals surface area contributed by atoms with Crippen LogP contribution in [0.4, 0.5) is 0 Å². The lowest BCUT2D eigenvalue weighted by Crippen LogP contribution is -2.28. The monoisotopic (exact) mass is 307 g/mol. The average Bonchev–Trinajstić information content (AvgIpc) is 2.38. The lowest BCUT2D eigenvalue weighted by atomic mass is 9.91. The van der Waals surface area contributed by atoms with E-state index in [4.69, 9.17) is 11.6 Å². The van der Waals surface area contributed by atoms with Crippen molar-refractivity contribution >= 4 is 0 Å². The first-order chi connectivity index (χ1) is 10.3. The molecule has 22 heavy (non-hydrogen) atoms. The third-order valence-corrected chi connectivity index (χ3v) is 3.46. The third-order valence-electron chi connectivity index (χ3n) is 3.46. The largest absolute Gasteiger partial charge is 0.401 e. The van der Waals surface area contributed by atoms with Crippen molar-refractivity contribution in [3.8, 4) is 11.8 Å². The minimum absolute atomic E-state index is 0.212. The van der Waals surface area contributed by atoms with Crippen molar-refractivity contribution in [3.05, 3.63) is 11.9 Å². The van der Waals surface area contributed by atoms with Crippen LogP contribution < -0.4 is 11.6 Å². The second-order valence-electron chi connectivity index (χ2n) is 7.33. The molecule has 0 aliphatic heterocycles. The van der Waals surface area contributed by atoms with Crippen molar-refractivity contribution in [2.75, 3.05) is 6.54 Å². The van der Waals surface area contributed by atoms with Crippen molar-refractivity contribution in [3.63, 3.8) is 0 Å². The molecule has 3 nitrogen and oxygen atoms in total. The van der Waals surface area contributed by atoms with E-state index in [1.54, 1.807) is 5.01 Å². The summed E-state index contributed by atoms with van der Waals surface area (Å²) < 4.78 is 0. The van der Waals surface area contributed by atoms with Gasteiger partial charge in [0.1, 0.15) is 0 Å². The van der Waals surface area contributed by atoms with Crippen LogP contribution in [0.1, 0.15) is 85.5 Å². The summed E-state index contributed by atoms with van der Waals surface area (Å²) in [6.07, 6.45) is 12.7. The molecule has 0 atom stereocenters. The molecule has 0 aliphatic rings. The zero-order valence-electron chi connectivity index (χ0n) is 15.3. The first-order valence-corrected chi connectivity index (χ1v) is 8.72. The molecular formula is C19H37N3. The predicted octanol–water partition coefficient (Wildman–Crippen LogP) is 4.54. The highest BCUT2D eigenvalue weighted by molar-refractivity contribution is 4.98. The van der Waals surface area contributed by atoms with E-state index in [1.807, 2.05) is 13.1 Å². The molecule has 128 valence electrons. The molecule has 0 spiro atoms. The average molecular weight is 308 g/mol. The molecular weight excluding hydrogens is 270 g/mol. The van der Waals surface area contributed by atoms with Gasteiger partial charge in [-0.3, -0.25) is 0 Å². The first kappa shape index (κ1) is 20.9. The van der Waals surface area contributed by atoms with Gasteiger partial charge in [0.15, 0.2) is 0 Å². The quantitative estimate of drug-likeness (QED) is 0.255. The molecule has 0 unspecified atom stereocenters. The van der Waals surface area contributed by atoms with E-state index in [9.17, 15) is 0 Å². The van der Waals surface area contributed by atoms with Crippen LogP contribution in [-0.2, 0) is 0 Å². The Hall–Kier alpha value is -1.14. The van der Waals surface area contributed by atoms with E-state index in [0.29, 0.717) is 0 Å². The van der Waals surface area contributed by atoms with Crippen molar-refractivity contribution in [1.29, 1.82) is 0 Å². The fraction of sp³-hybridized carbons (Fsp3) is 0.789. The molecule has 3 heteroatoms. The number of hydrogen-bond acceptors (Lipinski definition) is 3. The molecule has 0 amide bonds. The Morgan fingerprint density at radius 3 is 2.09 bits per heavy atom. The minimum atomic E-state index is 0.212.